The molecule has 142 valence electrons. The second-order valence-corrected chi connectivity index (χ2v) is 8.07. The second-order valence-electron chi connectivity index (χ2n) is 6.36. The van der Waals surface area contributed by atoms with Crippen LogP contribution in [-0.4, -0.2) is 53.8 Å². The van der Waals surface area contributed by atoms with E-state index in [-0.39, 0.29) is 12.6 Å². The predicted octanol–water partition coefficient (Wildman–Crippen LogP) is 0.966. The van der Waals surface area contributed by atoms with Crippen molar-refractivity contribution in [2.45, 2.75) is 38.4 Å². The first-order valence-electron chi connectivity index (χ1n) is 8.76. The van der Waals surface area contributed by atoms with Gasteiger partial charge in [-0.3, -0.25) is 0 Å². The topological polar surface area (TPSA) is 89.3 Å². The summed E-state index contributed by atoms with van der Waals surface area (Å²) in [6.45, 7) is 1.75. The number of rotatable bonds is 9. The van der Waals surface area contributed by atoms with E-state index in [0.717, 1.165) is 19.3 Å². The van der Waals surface area contributed by atoms with Gasteiger partial charge in [0, 0.05) is 26.2 Å². The highest BCUT2D eigenvalue weighted by molar-refractivity contribution is 7.87. The predicted molar refractivity (Wildman–Crippen MR) is 97.5 cm³/mol. The van der Waals surface area contributed by atoms with Crippen LogP contribution in [0.2, 0.25) is 0 Å². The molecule has 1 fully saturated rings. The molecule has 1 unspecified atom stereocenters. The number of nitrogens with one attached hydrogen (secondary N) is 1. The van der Waals surface area contributed by atoms with Crippen molar-refractivity contribution in [1.29, 1.82) is 0 Å². The average Bonchev–Trinajstić information content (AvgIpc) is 3.29. The van der Waals surface area contributed by atoms with E-state index in [4.69, 9.17) is 4.74 Å². The molecule has 0 saturated carbocycles. The van der Waals surface area contributed by atoms with Crippen molar-refractivity contribution in [2.24, 2.45) is 0 Å². The maximum Gasteiger partial charge on any atom is 0.280 e. The van der Waals surface area contributed by atoms with E-state index in [0.29, 0.717) is 25.5 Å². The number of nitrogens with zero attached hydrogens (tertiary/aromatic N) is 4. The SMILES string of the molecule is COCC1CCCN1S(=O)(=O)NCc1nncn1CCc1ccccc1. The molecule has 1 aromatic heterocycles. The Balaban J connectivity index is 1.59. The quantitative estimate of drug-likeness (QED) is 0.701. The van der Waals surface area contributed by atoms with E-state index in [1.165, 1.54) is 9.87 Å². The van der Waals surface area contributed by atoms with Crippen LogP contribution in [0, 0.1) is 0 Å². The monoisotopic (exact) mass is 379 g/mol. The zero-order valence-corrected chi connectivity index (χ0v) is 15.7. The van der Waals surface area contributed by atoms with Crippen molar-refractivity contribution < 1.29 is 13.2 Å². The minimum absolute atomic E-state index is 0.103. The highest BCUT2D eigenvalue weighted by Crippen LogP contribution is 2.20. The first-order chi connectivity index (χ1) is 12.6. The molecule has 0 spiro atoms. The molecule has 26 heavy (non-hydrogen) atoms. The van der Waals surface area contributed by atoms with Crippen LogP contribution in [0.5, 0.6) is 0 Å². The molecule has 0 amide bonds. The van der Waals surface area contributed by atoms with Gasteiger partial charge in [-0.05, 0) is 24.8 Å². The van der Waals surface area contributed by atoms with Crippen LogP contribution in [0.4, 0.5) is 0 Å². The van der Waals surface area contributed by atoms with Crippen LogP contribution in [0.15, 0.2) is 36.7 Å². The molecular weight excluding hydrogens is 354 g/mol. The van der Waals surface area contributed by atoms with Gasteiger partial charge in [-0.2, -0.15) is 17.4 Å². The molecular formula is C17H25N5O3S. The second kappa shape index (κ2) is 8.72. The standard InChI is InChI=1S/C17H25N5O3S/c1-25-13-16-8-5-10-22(16)26(23,24)19-12-17-20-18-14-21(17)11-9-15-6-3-2-4-7-15/h2-4,6-7,14,16,19H,5,8-13H2,1H3. The Labute approximate surface area is 154 Å². The van der Waals surface area contributed by atoms with Crippen LogP contribution in [0.3, 0.4) is 0 Å². The van der Waals surface area contributed by atoms with Gasteiger partial charge in [0.2, 0.25) is 0 Å². The van der Waals surface area contributed by atoms with Gasteiger partial charge in [0.15, 0.2) is 0 Å². The molecule has 8 nitrogen and oxygen atoms in total. The number of ether oxygens (including phenoxy) is 1. The van der Waals surface area contributed by atoms with E-state index in [1.807, 2.05) is 22.8 Å². The van der Waals surface area contributed by atoms with Crippen LogP contribution >= 0.6 is 0 Å². The third-order valence-corrected chi connectivity index (χ3v) is 6.19. The molecule has 9 heteroatoms. The summed E-state index contributed by atoms with van der Waals surface area (Å²) in [5, 5.41) is 7.98. The molecule has 0 bridgehead atoms. The molecule has 1 aliphatic rings. The summed E-state index contributed by atoms with van der Waals surface area (Å²) in [5.74, 6) is 0.604. The highest BCUT2D eigenvalue weighted by Gasteiger charge is 2.34. The van der Waals surface area contributed by atoms with Crippen LogP contribution < -0.4 is 4.72 Å². The third kappa shape index (κ3) is 4.67. The van der Waals surface area contributed by atoms with Gasteiger partial charge in [0.1, 0.15) is 12.2 Å². The zero-order valence-electron chi connectivity index (χ0n) is 14.9. The average molecular weight is 379 g/mol. The summed E-state index contributed by atoms with van der Waals surface area (Å²) in [4.78, 5) is 0. The van der Waals surface area contributed by atoms with Gasteiger partial charge in [-0.15, -0.1) is 10.2 Å². The minimum atomic E-state index is -3.57. The van der Waals surface area contributed by atoms with Gasteiger partial charge >= 0.3 is 0 Å². The van der Waals surface area contributed by atoms with E-state index in [1.54, 1.807) is 13.4 Å². The summed E-state index contributed by atoms with van der Waals surface area (Å²) in [6, 6.07) is 10.0. The lowest BCUT2D eigenvalue weighted by atomic mass is 10.1. The third-order valence-electron chi connectivity index (χ3n) is 4.58. The molecule has 1 aliphatic heterocycles. The Kier molecular flexibility index (Phi) is 6.36. The number of benzene rings is 1. The van der Waals surface area contributed by atoms with E-state index in [9.17, 15) is 8.42 Å². The van der Waals surface area contributed by atoms with Crippen molar-refractivity contribution in [3.8, 4) is 0 Å². The highest BCUT2D eigenvalue weighted by atomic mass is 32.2. The zero-order chi connectivity index (χ0) is 18.4. The Hall–Kier alpha value is -1.81. The Morgan fingerprint density at radius 1 is 1.31 bits per heavy atom. The molecule has 1 aromatic carbocycles. The van der Waals surface area contributed by atoms with Crippen molar-refractivity contribution >= 4 is 10.2 Å². The van der Waals surface area contributed by atoms with Gasteiger partial charge in [-0.25, -0.2) is 0 Å². The summed E-state index contributed by atoms with van der Waals surface area (Å²) in [7, 11) is -1.98. The molecule has 2 heterocycles. The largest absolute Gasteiger partial charge is 0.383 e. The van der Waals surface area contributed by atoms with E-state index < -0.39 is 10.2 Å². The molecule has 3 rings (SSSR count). The molecule has 0 aliphatic carbocycles. The van der Waals surface area contributed by atoms with Gasteiger partial charge in [-0.1, -0.05) is 30.3 Å². The normalized spacial score (nSPS) is 18.4. The van der Waals surface area contributed by atoms with Crippen LogP contribution in [0.25, 0.3) is 0 Å². The smallest absolute Gasteiger partial charge is 0.280 e. The van der Waals surface area contributed by atoms with Crippen molar-refractivity contribution in [2.75, 3.05) is 20.3 Å². The van der Waals surface area contributed by atoms with Gasteiger partial charge < -0.3 is 9.30 Å². The number of aromatic nitrogens is 3. The molecule has 1 N–H and O–H groups in total. The van der Waals surface area contributed by atoms with Crippen molar-refractivity contribution in [3.63, 3.8) is 0 Å². The maximum atomic E-state index is 12.6. The molecule has 0 radical (unpaired) electrons. The summed E-state index contributed by atoms with van der Waals surface area (Å²) in [5.41, 5.74) is 1.22. The lowest BCUT2D eigenvalue weighted by molar-refractivity contribution is 0.148. The maximum absolute atomic E-state index is 12.6. The van der Waals surface area contributed by atoms with E-state index in [2.05, 4.69) is 27.1 Å². The summed E-state index contributed by atoms with van der Waals surface area (Å²) < 4.78 is 36.4. The lowest BCUT2D eigenvalue weighted by Crippen LogP contribution is -2.45. The summed E-state index contributed by atoms with van der Waals surface area (Å²) in [6.07, 6.45) is 4.14. The number of methoxy groups -OCH3 is 1. The van der Waals surface area contributed by atoms with Crippen molar-refractivity contribution in [1.82, 2.24) is 23.8 Å². The van der Waals surface area contributed by atoms with Crippen LogP contribution in [-0.2, 0) is 34.5 Å². The fourth-order valence-corrected chi connectivity index (χ4v) is 4.63. The number of hydrogen-bond donors (Lipinski definition) is 1. The first-order valence-corrected chi connectivity index (χ1v) is 10.2. The van der Waals surface area contributed by atoms with E-state index >= 15 is 0 Å². The molecule has 1 saturated heterocycles. The Bertz CT molecular complexity index is 794. The lowest BCUT2D eigenvalue weighted by Gasteiger charge is -2.23. The number of aryl methyl sites for hydroxylation is 2. The minimum Gasteiger partial charge on any atom is -0.383 e. The van der Waals surface area contributed by atoms with Crippen molar-refractivity contribution in [3.05, 3.63) is 48.0 Å². The first kappa shape index (κ1) is 19.0. The van der Waals surface area contributed by atoms with Gasteiger partial charge in [0.05, 0.1) is 13.2 Å². The van der Waals surface area contributed by atoms with Gasteiger partial charge in [0.25, 0.3) is 10.2 Å². The Morgan fingerprint density at radius 3 is 2.88 bits per heavy atom. The molecule has 2 aromatic rings. The molecule has 1 atom stereocenters. The fraction of sp³-hybridized carbons (Fsp3) is 0.529. The Morgan fingerprint density at radius 2 is 2.12 bits per heavy atom. The fourth-order valence-electron chi connectivity index (χ4n) is 3.22. The summed E-state index contributed by atoms with van der Waals surface area (Å²) >= 11 is 0. The number of hydrogen-bond acceptors (Lipinski definition) is 5. The van der Waals surface area contributed by atoms with Crippen LogP contribution in [0.1, 0.15) is 24.2 Å².